The van der Waals surface area contributed by atoms with Crippen molar-refractivity contribution in [2.45, 2.75) is 6.54 Å². The van der Waals surface area contributed by atoms with Crippen LogP contribution >= 0.6 is 11.3 Å². The molecule has 0 saturated carbocycles. The molecule has 2 rings (SSSR count). The van der Waals surface area contributed by atoms with Crippen molar-refractivity contribution in [2.75, 3.05) is 11.9 Å². The summed E-state index contributed by atoms with van der Waals surface area (Å²) in [6.07, 6.45) is 0. The van der Waals surface area contributed by atoms with E-state index in [-0.39, 0.29) is 10.8 Å². The fraction of sp³-hybridized carbons (Fsp3) is 0.167. The Kier molecular flexibility index (Phi) is 3.57. The number of halogens is 1. The van der Waals surface area contributed by atoms with E-state index >= 15 is 0 Å². The van der Waals surface area contributed by atoms with E-state index in [1.165, 1.54) is 12.1 Å². The molecule has 0 spiro atoms. The minimum atomic E-state index is -1.03. The van der Waals surface area contributed by atoms with Gasteiger partial charge >= 0.3 is 5.97 Å². The van der Waals surface area contributed by atoms with E-state index in [0.717, 1.165) is 17.0 Å². The van der Waals surface area contributed by atoms with Gasteiger partial charge in [-0.25, -0.2) is 14.2 Å². The van der Waals surface area contributed by atoms with Crippen molar-refractivity contribution < 1.29 is 14.3 Å². The van der Waals surface area contributed by atoms with Gasteiger partial charge < -0.3 is 10.0 Å². The highest BCUT2D eigenvalue weighted by molar-refractivity contribution is 7.11. The van der Waals surface area contributed by atoms with Gasteiger partial charge in [0.1, 0.15) is 5.82 Å². The first kappa shape index (κ1) is 12.5. The van der Waals surface area contributed by atoms with Crippen molar-refractivity contribution in [2.24, 2.45) is 0 Å². The van der Waals surface area contributed by atoms with Gasteiger partial charge in [0.15, 0.2) is 0 Å². The summed E-state index contributed by atoms with van der Waals surface area (Å²) in [6.45, 7) is 0.438. The van der Waals surface area contributed by atoms with Crippen molar-refractivity contribution in [1.82, 2.24) is 4.98 Å². The first-order valence-electron chi connectivity index (χ1n) is 5.20. The summed E-state index contributed by atoms with van der Waals surface area (Å²) in [5, 5.41) is 10.5. The van der Waals surface area contributed by atoms with Crippen molar-refractivity contribution in [3.05, 3.63) is 46.2 Å². The fourth-order valence-electron chi connectivity index (χ4n) is 1.53. The van der Waals surface area contributed by atoms with Crippen LogP contribution in [0.3, 0.4) is 0 Å². The Labute approximate surface area is 107 Å². The predicted octanol–water partition coefficient (Wildman–Crippen LogP) is 2.62. The second kappa shape index (κ2) is 5.14. The minimum Gasteiger partial charge on any atom is -0.476 e. The molecule has 0 aliphatic carbocycles. The standard InChI is InChI=1S/C12H11FN2O2S/c1-15(10-4-2-3-8(13)5-10)6-9-7-18-11(14-9)12(16)17/h2-5,7H,6H2,1H3,(H,16,17). The van der Waals surface area contributed by atoms with Gasteiger partial charge in [0.05, 0.1) is 12.2 Å². The van der Waals surface area contributed by atoms with Gasteiger partial charge in [-0.05, 0) is 18.2 Å². The van der Waals surface area contributed by atoms with E-state index in [2.05, 4.69) is 4.98 Å². The van der Waals surface area contributed by atoms with Gasteiger partial charge in [-0.3, -0.25) is 0 Å². The Morgan fingerprint density at radius 3 is 2.94 bits per heavy atom. The number of nitrogens with zero attached hydrogens (tertiary/aromatic N) is 2. The number of hydrogen-bond donors (Lipinski definition) is 1. The minimum absolute atomic E-state index is 0.0673. The average Bonchev–Trinajstić information content (AvgIpc) is 2.77. The lowest BCUT2D eigenvalue weighted by molar-refractivity contribution is 0.0696. The molecule has 0 radical (unpaired) electrons. The molecular formula is C12H11FN2O2S. The third-order valence-corrected chi connectivity index (χ3v) is 3.26. The summed E-state index contributed by atoms with van der Waals surface area (Å²) >= 11 is 1.09. The molecule has 0 saturated heterocycles. The largest absolute Gasteiger partial charge is 0.476 e. The molecular weight excluding hydrogens is 255 g/mol. The van der Waals surface area contributed by atoms with E-state index in [0.29, 0.717) is 12.2 Å². The third kappa shape index (κ3) is 2.84. The number of anilines is 1. The number of carboxylic acid groups (broad SMARTS) is 1. The van der Waals surface area contributed by atoms with E-state index in [1.54, 1.807) is 24.6 Å². The summed E-state index contributed by atoms with van der Waals surface area (Å²) in [5.41, 5.74) is 1.38. The number of thiazole rings is 1. The Bertz CT molecular complexity index is 571. The highest BCUT2D eigenvalue weighted by Crippen LogP contribution is 2.17. The molecule has 4 nitrogen and oxygen atoms in total. The smallest absolute Gasteiger partial charge is 0.365 e. The number of aromatic carboxylic acids is 1. The molecule has 0 fully saturated rings. The number of benzene rings is 1. The molecule has 18 heavy (non-hydrogen) atoms. The number of hydrogen-bond acceptors (Lipinski definition) is 4. The monoisotopic (exact) mass is 266 g/mol. The molecule has 94 valence electrons. The van der Waals surface area contributed by atoms with Crippen LogP contribution in [0.4, 0.5) is 10.1 Å². The molecule has 1 aromatic carbocycles. The second-order valence-corrected chi connectivity index (χ2v) is 4.64. The van der Waals surface area contributed by atoms with E-state index in [9.17, 15) is 9.18 Å². The lowest BCUT2D eigenvalue weighted by Gasteiger charge is -2.17. The maximum Gasteiger partial charge on any atom is 0.365 e. The molecule has 1 heterocycles. The molecule has 0 unspecified atom stereocenters. The highest BCUT2D eigenvalue weighted by atomic mass is 32.1. The summed E-state index contributed by atoms with van der Waals surface area (Å²) in [5.74, 6) is -1.33. The molecule has 1 aromatic heterocycles. The number of carbonyl (C=O) groups is 1. The van der Waals surface area contributed by atoms with Crippen molar-refractivity contribution >= 4 is 23.0 Å². The van der Waals surface area contributed by atoms with Crippen LogP contribution in [-0.2, 0) is 6.54 Å². The quantitative estimate of drug-likeness (QED) is 0.924. The number of carboxylic acids is 1. The maximum atomic E-state index is 13.1. The summed E-state index contributed by atoms with van der Waals surface area (Å²) in [4.78, 5) is 16.5. The van der Waals surface area contributed by atoms with Crippen LogP contribution in [0.15, 0.2) is 29.6 Å². The molecule has 1 N–H and O–H groups in total. The zero-order valence-corrected chi connectivity index (χ0v) is 10.4. The summed E-state index contributed by atoms with van der Waals surface area (Å²) in [6, 6.07) is 6.21. The van der Waals surface area contributed by atoms with Crippen molar-refractivity contribution in [3.63, 3.8) is 0 Å². The van der Waals surface area contributed by atoms with Crippen LogP contribution in [0.5, 0.6) is 0 Å². The zero-order chi connectivity index (χ0) is 13.1. The molecule has 0 aliphatic heterocycles. The van der Waals surface area contributed by atoms with Crippen LogP contribution in [-0.4, -0.2) is 23.1 Å². The lowest BCUT2D eigenvalue weighted by atomic mass is 10.3. The van der Waals surface area contributed by atoms with Gasteiger partial charge in [0.2, 0.25) is 5.01 Å². The van der Waals surface area contributed by atoms with Crippen LogP contribution in [0.25, 0.3) is 0 Å². The molecule has 0 atom stereocenters. The average molecular weight is 266 g/mol. The Morgan fingerprint density at radius 1 is 1.56 bits per heavy atom. The van der Waals surface area contributed by atoms with Gasteiger partial charge in [0, 0.05) is 18.1 Å². The second-order valence-electron chi connectivity index (χ2n) is 3.79. The first-order chi connectivity index (χ1) is 8.56. The van der Waals surface area contributed by atoms with E-state index in [1.807, 2.05) is 4.90 Å². The lowest BCUT2D eigenvalue weighted by Crippen LogP contribution is -2.16. The Hall–Kier alpha value is -1.95. The van der Waals surface area contributed by atoms with Crippen molar-refractivity contribution in [1.29, 1.82) is 0 Å². The topological polar surface area (TPSA) is 53.4 Å². The van der Waals surface area contributed by atoms with Crippen LogP contribution in [0, 0.1) is 5.82 Å². The van der Waals surface area contributed by atoms with Gasteiger partial charge in [-0.1, -0.05) is 6.07 Å². The maximum absolute atomic E-state index is 13.1. The summed E-state index contributed by atoms with van der Waals surface area (Å²) in [7, 11) is 1.80. The van der Waals surface area contributed by atoms with Crippen LogP contribution in [0.1, 0.15) is 15.5 Å². The third-order valence-electron chi connectivity index (χ3n) is 2.38. The number of rotatable bonds is 4. The van der Waals surface area contributed by atoms with Crippen LogP contribution < -0.4 is 4.90 Å². The van der Waals surface area contributed by atoms with Crippen molar-refractivity contribution in [3.8, 4) is 0 Å². The zero-order valence-electron chi connectivity index (χ0n) is 9.63. The molecule has 2 aromatic rings. The Balaban J connectivity index is 2.11. The molecule has 0 bridgehead atoms. The normalized spacial score (nSPS) is 10.3. The fourth-order valence-corrected chi connectivity index (χ4v) is 2.17. The molecule has 0 amide bonds. The van der Waals surface area contributed by atoms with Gasteiger partial charge in [-0.2, -0.15) is 0 Å². The summed E-state index contributed by atoms with van der Waals surface area (Å²) < 4.78 is 13.1. The Morgan fingerprint density at radius 2 is 2.33 bits per heavy atom. The van der Waals surface area contributed by atoms with Gasteiger partial charge in [0.25, 0.3) is 0 Å². The molecule has 6 heteroatoms. The highest BCUT2D eigenvalue weighted by Gasteiger charge is 2.10. The van der Waals surface area contributed by atoms with Crippen LogP contribution in [0.2, 0.25) is 0 Å². The van der Waals surface area contributed by atoms with Gasteiger partial charge in [-0.15, -0.1) is 11.3 Å². The predicted molar refractivity (Wildman–Crippen MR) is 67.6 cm³/mol. The SMILES string of the molecule is CN(Cc1csc(C(=O)O)n1)c1cccc(F)c1. The number of aromatic nitrogens is 1. The molecule has 0 aliphatic rings. The van der Waals surface area contributed by atoms with E-state index in [4.69, 9.17) is 5.11 Å². The first-order valence-corrected chi connectivity index (χ1v) is 6.08. The van der Waals surface area contributed by atoms with E-state index < -0.39 is 5.97 Å².